The SMILES string of the molecule is Cc1cccc(S(=O)(=O)Nc2cc(N)cc(F)c2)c1. The van der Waals surface area contributed by atoms with Crippen LogP contribution in [-0.4, -0.2) is 8.42 Å². The van der Waals surface area contributed by atoms with Crippen molar-refractivity contribution in [3.63, 3.8) is 0 Å². The molecule has 0 aliphatic carbocycles. The van der Waals surface area contributed by atoms with Crippen LogP contribution in [-0.2, 0) is 10.0 Å². The number of halogens is 1. The summed E-state index contributed by atoms with van der Waals surface area (Å²) in [5.74, 6) is -0.595. The van der Waals surface area contributed by atoms with E-state index >= 15 is 0 Å². The third-order valence-corrected chi connectivity index (χ3v) is 3.85. The van der Waals surface area contributed by atoms with E-state index in [2.05, 4.69) is 4.72 Å². The minimum atomic E-state index is -3.74. The number of nitrogen functional groups attached to an aromatic ring is 1. The van der Waals surface area contributed by atoms with Crippen molar-refractivity contribution < 1.29 is 12.8 Å². The Labute approximate surface area is 111 Å². The van der Waals surface area contributed by atoms with Gasteiger partial charge in [0.2, 0.25) is 0 Å². The second-order valence-corrected chi connectivity index (χ2v) is 5.88. The normalized spacial score (nSPS) is 11.3. The second kappa shape index (κ2) is 4.89. The summed E-state index contributed by atoms with van der Waals surface area (Å²) in [6.45, 7) is 1.79. The molecule has 0 aromatic heterocycles. The van der Waals surface area contributed by atoms with Crippen molar-refractivity contribution in [2.45, 2.75) is 11.8 Å². The summed E-state index contributed by atoms with van der Waals surface area (Å²) in [4.78, 5) is 0.121. The number of aryl methyl sites for hydroxylation is 1. The van der Waals surface area contributed by atoms with Crippen molar-refractivity contribution in [1.29, 1.82) is 0 Å². The van der Waals surface area contributed by atoms with E-state index in [0.717, 1.165) is 17.7 Å². The van der Waals surface area contributed by atoms with Crippen LogP contribution in [0.25, 0.3) is 0 Å². The van der Waals surface area contributed by atoms with Gasteiger partial charge in [-0.05, 0) is 42.8 Å². The Bertz CT molecular complexity index is 694. The zero-order valence-electron chi connectivity index (χ0n) is 10.2. The highest BCUT2D eigenvalue weighted by molar-refractivity contribution is 7.92. The molecule has 0 spiro atoms. The average molecular weight is 280 g/mol. The van der Waals surface area contributed by atoms with Gasteiger partial charge < -0.3 is 5.73 Å². The van der Waals surface area contributed by atoms with Gasteiger partial charge in [-0.15, -0.1) is 0 Å². The van der Waals surface area contributed by atoms with Crippen molar-refractivity contribution >= 4 is 21.4 Å². The topological polar surface area (TPSA) is 72.2 Å². The Morgan fingerprint density at radius 1 is 1.16 bits per heavy atom. The molecule has 2 aromatic rings. The smallest absolute Gasteiger partial charge is 0.261 e. The summed E-state index contributed by atoms with van der Waals surface area (Å²) < 4.78 is 39.7. The standard InChI is InChI=1S/C13H13FN2O2S/c1-9-3-2-4-13(5-9)19(17,18)16-12-7-10(14)6-11(15)8-12/h2-8,16H,15H2,1H3. The number of anilines is 2. The van der Waals surface area contributed by atoms with Gasteiger partial charge in [0.15, 0.2) is 0 Å². The molecule has 0 radical (unpaired) electrons. The molecule has 0 atom stereocenters. The van der Waals surface area contributed by atoms with E-state index in [0.29, 0.717) is 0 Å². The number of benzene rings is 2. The first-order valence-corrected chi connectivity index (χ1v) is 7.01. The lowest BCUT2D eigenvalue weighted by Crippen LogP contribution is -2.13. The average Bonchev–Trinajstić information content (AvgIpc) is 2.26. The van der Waals surface area contributed by atoms with E-state index in [4.69, 9.17) is 5.73 Å². The van der Waals surface area contributed by atoms with Gasteiger partial charge in [-0.3, -0.25) is 4.72 Å². The molecule has 0 bridgehead atoms. The molecule has 100 valence electrons. The lowest BCUT2D eigenvalue weighted by molar-refractivity contribution is 0.601. The lowest BCUT2D eigenvalue weighted by Gasteiger charge is -2.09. The molecule has 0 aliphatic rings. The maximum Gasteiger partial charge on any atom is 0.261 e. The summed E-state index contributed by atoms with van der Waals surface area (Å²) in [7, 11) is -3.74. The molecule has 19 heavy (non-hydrogen) atoms. The molecule has 0 unspecified atom stereocenters. The van der Waals surface area contributed by atoms with Crippen LogP contribution in [0.3, 0.4) is 0 Å². The molecule has 2 rings (SSSR count). The Morgan fingerprint density at radius 2 is 1.89 bits per heavy atom. The van der Waals surface area contributed by atoms with Crippen LogP contribution in [0.5, 0.6) is 0 Å². The summed E-state index contributed by atoms with van der Waals surface area (Å²) in [6, 6.07) is 9.98. The number of sulfonamides is 1. The minimum absolute atomic E-state index is 0.0963. The van der Waals surface area contributed by atoms with Gasteiger partial charge in [-0.1, -0.05) is 12.1 Å². The first-order valence-electron chi connectivity index (χ1n) is 5.52. The molecule has 2 aromatic carbocycles. The molecule has 0 fully saturated rings. The van der Waals surface area contributed by atoms with Gasteiger partial charge in [0.25, 0.3) is 10.0 Å². The molecule has 0 saturated carbocycles. The van der Waals surface area contributed by atoms with Crippen LogP contribution in [0.1, 0.15) is 5.56 Å². The van der Waals surface area contributed by atoms with E-state index in [1.807, 2.05) is 0 Å². The number of hydrogen-bond acceptors (Lipinski definition) is 3. The Hall–Kier alpha value is -2.08. The maximum atomic E-state index is 13.2. The third kappa shape index (κ3) is 3.23. The van der Waals surface area contributed by atoms with E-state index in [1.54, 1.807) is 19.1 Å². The van der Waals surface area contributed by atoms with Crippen LogP contribution >= 0.6 is 0 Å². The predicted octanol–water partition coefficient (Wildman–Crippen LogP) is 2.52. The molecule has 3 N–H and O–H groups in total. The second-order valence-electron chi connectivity index (χ2n) is 4.20. The zero-order valence-corrected chi connectivity index (χ0v) is 11.0. The van der Waals surface area contributed by atoms with Gasteiger partial charge in [0.05, 0.1) is 10.6 Å². The fourth-order valence-corrected chi connectivity index (χ4v) is 2.81. The van der Waals surface area contributed by atoms with Gasteiger partial charge in [0, 0.05) is 5.69 Å². The molecule has 0 heterocycles. The fourth-order valence-electron chi connectivity index (χ4n) is 1.67. The quantitative estimate of drug-likeness (QED) is 0.848. The van der Waals surface area contributed by atoms with Gasteiger partial charge in [0.1, 0.15) is 5.82 Å². The van der Waals surface area contributed by atoms with Gasteiger partial charge >= 0.3 is 0 Å². The van der Waals surface area contributed by atoms with E-state index in [-0.39, 0.29) is 16.3 Å². The molecular formula is C13H13FN2O2S. The zero-order chi connectivity index (χ0) is 14.0. The number of rotatable bonds is 3. The number of nitrogens with two attached hydrogens (primary N) is 1. The van der Waals surface area contributed by atoms with Gasteiger partial charge in [-0.25, -0.2) is 12.8 Å². The van der Waals surface area contributed by atoms with Crippen molar-refractivity contribution in [3.05, 3.63) is 53.8 Å². The molecule has 0 aliphatic heterocycles. The van der Waals surface area contributed by atoms with Crippen LogP contribution < -0.4 is 10.5 Å². The molecule has 0 saturated heterocycles. The highest BCUT2D eigenvalue weighted by Crippen LogP contribution is 2.20. The highest BCUT2D eigenvalue weighted by atomic mass is 32.2. The van der Waals surface area contributed by atoms with Crippen LogP contribution in [0.4, 0.5) is 15.8 Å². The number of hydrogen-bond donors (Lipinski definition) is 2. The largest absolute Gasteiger partial charge is 0.399 e. The third-order valence-electron chi connectivity index (χ3n) is 2.47. The van der Waals surface area contributed by atoms with Crippen LogP contribution in [0.2, 0.25) is 0 Å². The van der Waals surface area contributed by atoms with E-state index in [1.165, 1.54) is 18.2 Å². The lowest BCUT2D eigenvalue weighted by atomic mass is 10.2. The fraction of sp³-hybridized carbons (Fsp3) is 0.0769. The molecule has 4 nitrogen and oxygen atoms in total. The van der Waals surface area contributed by atoms with Crippen molar-refractivity contribution in [2.75, 3.05) is 10.5 Å². The van der Waals surface area contributed by atoms with Crippen LogP contribution in [0, 0.1) is 12.7 Å². The first-order chi connectivity index (χ1) is 8.87. The molecule has 6 heteroatoms. The summed E-state index contributed by atoms with van der Waals surface area (Å²) >= 11 is 0. The highest BCUT2D eigenvalue weighted by Gasteiger charge is 2.14. The Morgan fingerprint density at radius 3 is 2.53 bits per heavy atom. The molecule has 0 amide bonds. The minimum Gasteiger partial charge on any atom is -0.399 e. The van der Waals surface area contributed by atoms with Crippen LogP contribution in [0.15, 0.2) is 47.4 Å². The summed E-state index contributed by atoms with van der Waals surface area (Å²) in [5, 5.41) is 0. The summed E-state index contributed by atoms with van der Waals surface area (Å²) in [5.41, 5.74) is 6.54. The monoisotopic (exact) mass is 280 g/mol. The van der Waals surface area contributed by atoms with Crippen molar-refractivity contribution in [3.8, 4) is 0 Å². The van der Waals surface area contributed by atoms with E-state index in [9.17, 15) is 12.8 Å². The van der Waals surface area contributed by atoms with E-state index < -0.39 is 15.8 Å². The molecular weight excluding hydrogens is 267 g/mol. The van der Waals surface area contributed by atoms with Crippen molar-refractivity contribution in [2.24, 2.45) is 0 Å². The Balaban J connectivity index is 2.36. The summed E-state index contributed by atoms with van der Waals surface area (Å²) in [6.07, 6.45) is 0. The van der Waals surface area contributed by atoms with Gasteiger partial charge in [-0.2, -0.15) is 0 Å². The first kappa shape index (κ1) is 13.4. The number of nitrogens with one attached hydrogen (secondary N) is 1. The predicted molar refractivity (Wildman–Crippen MR) is 72.8 cm³/mol. The van der Waals surface area contributed by atoms with Crippen molar-refractivity contribution in [1.82, 2.24) is 0 Å². The maximum absolute atomic E-state index is 13.2. The Kier molecular flexibility index (Phi) is 3.44.